The van der Waals surface area contributed by atoms with Crippen molar-refractivity contribution in [1.29, 1.82) is 0 Å². The maximum atomic E-state index is 13.8. The van der Waals surface area contributed by atoms with Crippen LogP contribution < -0.4 is 9.64 Å². The average Bonchev–Trinajstić information content (AvgIpc) is 3.61. The first-order chi connectivity index (χ1) is 16.8. The summed E-state index contributed by atoms with van der Waals surface area (Å²) in [6.07, 6.45) is -3.22. The molecule has 2 aliphatic rings. The summed E-state index contributed by atoms with van der Waals surface area (Å²) in [6.45, 7) is 2.56. The standard InChI is InChI=1S/C21H19F4NO3S.C4H8F2/c22-13-2-4-14(5-3-13)26-8-1-9-30-18-11-17(15(10-16(18)26)21(23,24)25)29-12-20(6-7-20)19(27)28;1-3-4(2,5)6/h2-5,10-11H,1,6-9,12H2,(H,27,28);3H2,1-2H3. The lowest BCUT2D eigenvalue weighted by atomic mass is 10.1. The summed E-state index contributed by atoms with van der Waals surface area (Å²) >= 11 is 1.42. The zero-order chi connectivity index (χ0) is 26.7. The molecule has 0 bridgehead atoms. The van der Waals surface area contributed by atoms with E-state index in [9.17, 15) is 36.2 Å². The van der Waals surface area contributed by atoms with Gasteiger partial charge in [0.25, 0.3) is 0 Å². The van der Waals surface area contributed by atoms with Crippen molar-refractivity contribution in [2.75, 3.05) is 23.8 Å². The zero-order valence-electron chi connectivity index (χ0n) is 19.8. The second kappa shape index (κ2) is 10.8. The molecule has 0 unspecified atom stereocenters. The van der Waals surface area contributed by atoms with Gasteiger partial charge < -0.3 is 14.7 Å². The van der Waals surface area contributed by atoms with Gasteiger partial charge in [-0.1, -0.05) is 6.92 Å². The number of hydrogen-bond donors (Lipinski definition) is 1. The smallest absolute Gasteiger partial charge is 0.420 e. The number of carboxylic acids is 1. The van der Waals surface area contributed by atoms with Crippen LogP contribution in [0, 0.1) is 11.2 Å². The van der Waals surface area contributed by atoms with Crippen LogP contribution in [0.15, 0.2) is 41.3 Å². The Morgan fingerprint density at radius 1 is 1.14 bits per heavy atom. The Labute approximate surface area is 209 Å². The number of anilines is 2. The summed E-state index contributed by atoms with van der Waals surface area (Å²) < 4.78 is 83.1. The van der Waals surface area contributed by atoms with Crippen molar-refractivity contribution in [3.8, 4) is 5.75 Å². The summed E-state index contributed by atoms with van der Waals surface area (Å²) in [7, 11) is 0. The monoisotopic (exact) mass is 535 g/mol. The predicted octanol–water partition coefficient (Wildman–Crippen LogP) is 7.77. The molecule has 1 fully saturated rings. The molecule has 198 valence electrons. The Morgan fingerprint density at radius 3 is 2.25 bits per heavy atom. The van der Waals surface area contributed by atoms with Gasteiger partial charge in [0.15, 0.2) is 0 Å². The van der Waals surface area contributed by atoms with Crippen molar-refractivity contribution in [1.82, 2.24) is 0 Å². The quantitative estimate of drug-likeness (QED) is 0.383. The van der Waals surface area contributed by atoms with Gasteiger partial charge in [0.1, 0.15) is 23.6 Å². The molecule has 11 heteroatoms. The average molecular weight is 536 g/mol. The molecular formula is C25H27F6NO3S. The summed E-state index contributed by atoms with van der Waals surface area (Å²) in [5, 5.41) is 9.28. The number of aliphatic carboxylic acids is 1. The topological polar surface area (TPSA) is 49.8 Å². The Morgan fingerprint density at radius 2 is 1.75 bits per heavy atom. The molecule has 1 aliphatic carbocycles. The van der Waals surface area contributed by atoms with Crippen LogP contribution in [0.4, 0.5) is 37.7 Å². The minimum absolute atomic E-state index is 0.0625. The Hall–Kier alpha value is -2.56. The minimum Gasteiger partial charge on any atom is -0.492 e. The summed E-state index contributed by atoms with van der Waals surface area (Å²) in [6, 6.07) is 8.02. The van der Waals surface area contributed by atoms with Gasteiger partial charge in [-0.25, -0.2) is 13.2 Å². The normalized spacial score (nSPS) is 16.8. The van der Waals surface area contributed by atoms with Crippen LogP contribution in [0.1, 0.15) is 45.1 Å². The molecule has 0 radical (unpaired) electrons. The number of carboxylic acid groups (broad SMARTS) is 1. The third-order valence-electron chi connectivity index (χ3n) is 6.01. The third kappa shape index (κ3) is 7.02. The Balaban J connectivity index is 0.000000538. The van der Waals surface area contributed by atoms with Gasteiger partial charge in [-0.15, -0.1) is 11.8 Å². The van der Waals surface area contributed by atoms with E-state index >= 15 is 0 Å². The molecule has 1 N–H and O–H groups in total. The van der Waals surface area contributed by atoms with Crippen LogP contribution in [-0.2, 0) is 11.0 Å². The maximum absolute atomic E-state index is 13.8. The van der Waals surface area contributed by atoms with Crippen LogP contribution in [0.5, 0.6) is 5.75 Å². The fourth-order valence-corrected chi connectivity index (χ4v) is 4.42. The lowest BCUT2D eigenvalue weighted by Crippen LogP contribution is -2.24. The second-order valence-electron chi connectivity index (χ2n) is 8.94. The van der Waals surface area contributed by atoms with E-state index in [2.05, 4.69) is 0 Å². The van der Waals surface area contributed by atoms with E-state index in [1.54, 1.807) is 4.90 Å². The number of fused-ring (bicyclic) bond motifs is 1. The second-order valence-corrected chi connectivity index (χ2v) is 10.1. The number of benzene rings is 2. The van der Waals surface area contributed by atoms with Gasteiger partial charge in [-0.05, 0) is 68.3 Å². The molecule has 1 aliphatic heterocycles. The molecule has 0 amide bonds. The molecule has 1 saturated carbocycles. The van der Waals surface area contributed by atoms with Gasteiger partial charge in [-0.3, -0.25) is 4.79 Å². The lowest BCUT2D eigenvalue weighted by Gasteiger charge is -2.27. The maximum Gasteiger partial charge on any atom is 0.420 e. The van der Waals surface area contributed by atoms with E-state index in [0.717, 1.165) is 19.4 Å². The van der Waals surface area contributed by atoms with E-state index in [4.69, 9.17) is 4.74 Å². The van der Waals surface area contributed by atoms with Crippen molar-refractivity contribution in [2.24, 2.45) is 5.41 Å². The van der Waals surface area contributed by atoms with E-state index in [0.29, 0.717) is 41.4 Å². The van der Waals surface area contributed by atoms with Crippen LogP contribution >= 0.6 is 11.8 Å². The van der Waals surface area contributed by atoms with Gasteiger partial charge in [0, 0.05) is 23.5 Å². The number of thioether (sulfide) groups is 1. The summed E-state index contributed by atoms with van der Waals surface area (Å²) in [5.74, 6) is -3.59. The summed E-state index contributed by atoms with van der Waals surface area (Å²) in [4.78, 5) is 13.7. The minimum atomic E-state index is -4.67. The van der Waals surface area contributed by atoms with E-state index in [-0.39, 0.29) is 18.8 Å². The lowest BCUT2D eigenvalue weighted by molar-refractivity contribution is -0.144. The molecular weight excluding hydrogens is 508 g/mol. The van der Waals surface area contributed by atoms with Crippen LogP contribution in [0.2, 0.25) is 0 Å². The van der Waals surface area contributed by atoms with E-state index in [1.807, 2.05) is 0 Å². The number of halogens is 6. The van der Waals surface area contributed by atoms with Crippen molar-refractivity contribution >= 4 is 29.1 Å². The van der Waals surface area contributed by atoms with E-state index < -0.39 is 34.9 Å². The molecule has 0 atom stereocenters. The van der Waals surface area contributed by atoms with Gasteiger partial charge in [-0.2, -0.15) is 13.2 Å². The van der Waals surface area contributed by atoms with Gasteiger partial charge >= 0.3 is 12.1 Å². The molecule has 4 rings (SSSR count). The molecule has 0 spiro atoms. The molecule has 1 heterocycles. The van der Waals surface area contributed by atoms with E-state index in [1.165, 1.54) is 49.0 Å². The van der Waals surface area contributed by atoms with Gasteiger partial charge in [0.05, 0.1) is 11.3 Å². The fourth-order valence-electron chi connectivity index (χ4n) is 3.42. The number of hydrogen-bond acceptors (Lipinski definition) is 4. The molecule has 2 aromatic rings. The molecule has 0 aromatic heterocycles. The number of alkyl halides is 5. The first-order valence-corrected chi connectivity index (χ1v) is 12.4. The zero-order valence-corrected chi connectivity index (χ0v) is 20.6. The predicted molar refractivity (Wildman–Crippen MR) is 126 cm³/mol. The Bertz CT molecular complexity index is 1070. The highest BCUT2D eigenvalue weighted by atomic mass is 32.2. The first kappa shape index (κ1) is 28.0. The van der Waals surface area contributed by atoms with Crippen LogP contribution in [0.25, 0.3) is 0 Å². The largest absolute Gasteiger partial charge is 0.492 e. The third-order valence-corrected chi connectivity index (χ3v) is 7.14. The Kier molecular flexibility index (Phi) is 8.42. The fraction of sp³-hybridized carbons (Fsp3) is 0.480. The molecule has 4 nitrogen and oxygen atoms in total. The highest BCUT2D eigenvalue weighted by Gasteiger charge is 2.51. The molecule has 0 saturated heterocycles. The highest BCUT2D eigenvalue weighted by Crippen LogP contribution is 2.49. The van der Waals surface area contributed by atoms with Crippen molar-refractivity contribution in [3.05, 3.63) is 47.8 Å². The van der Waals surface area contributed by atoms with Crippen molar-refractivity contribution < 1.29 is 41.0 Å². The highest BCUT2D eigenvalue weighted by molar-refractivity contribution is 7.99. The van der Waals surface area contributed by atoms with Crippen molar-refractivity contribution in [3.63, 3.8) is 0 Å². The number of nitrogens with zero attached hydrogens (tertiary/aromatic N) is 1. The first-order valence-electron chi connectivity index (χ1n) is 11.4. The molecule has 36 heavy (non-hydrogen) atoms. The van der Waals surface area contributed by atoms with Crippen molar-refractivity contribution in [2.45, 2.75) is 56.5 Å². The number of carbonyl (C=O) groups is 1. The molecule has 2 aromatic carbocycles. The van der Waals surface area contributed by atoms with Crippen LogP contribution in [0.3, 0.4) is 0 Å². The SMILES string of the molecule is CCC(C)(F)F.O=C(O)C1(COc2cc3c(cc2C(F)(F)F)N(c2ccc(F)cc2)CCCS3)CC1. The summed E-state index contributed by atoms with van der Waals surface area (Å²) in [5.41, 5.74) is -1.06. The van der Waals surface area contributed by atoms with Crippen LogP contribution in [-0.4, -0.2) is 35.9 Å². The number of rotatable bonds is 6. The van der Waals surface area contributed by atoms with Gasteiger partial charge in [0.2, 0.25) is 5.92 Å². The number of ether oxygens (including phenoxy) is 1.